The van der Waals surface area contributed by atoms with Gasteiger partial charge in [-0.25, -0.2) is 9.18 Å². The summed E-state index contributed by atoms with van der Waals surface area (Å²) in [5, 5.41) is 0. The molecule has 20 heavy (non-hydrogen) atoms. The molecule has 0 N–H and O–H groups in total. The maximum atomic E-state index is 13.3. The molecule has 2 aliphatic rings. The van der Waals surface area contributed by atoms with E-state index in [0.717, 1.165) is 12.8 Å². The number of esters is 1. The molecular formula is C15H16FNO3. The largest absolute Gasteiger partial charge is 0.462 e. The molecule has 3 rings (SSSR count). The first-order valence-corrected chi connectivity index (χ1v) is 6.88. The number of carbonyl (C=O) groups is 2. The number of morpholine rings is 1. The Labute approximate surface area is 116 Å². The molecule has 5 heteroatoms. The number of nitrogens with zero attached hydrogens (tertiary/aromatic N) is 1. The van der Waals surface area contributed by atoms with Gasteiger partial charge in [0, 0.05) is 5.56 Å². The van der Waals surface area contributed by atoms with Crippen molar-refractivity contribution >= 4 is 11.9 Å². The van der Waals surface area contributed by atoms with Crippen LogP contribution in [0.1, 0.15) is 36.0 Å². The zero-order chi connectivity index (χ0) is 14.2. The lowest BCUT2D eigenvalue weighted by Gasteiger charge is -2.42. The van der Waals surface area contributed by atoms with E-state index in [9.17, 15) is 14.0 Å². The summed E-state index contributed by atoms with van der Waals surface area (Å²) < 4.78 is 18.4. The van der Waals surface area contributed by atoms with Crippen LogP contribution >= 0.6 is 0 Å². The fourth-order valence-electron chi connectivity index (χ4n) is 3.20. The van der Waals surface area contributed by atoms with E-state index in [1.54, 1.807) is 11.0 Å². The van der Waals surface area contributed by atoms with Gasteiger partial charge in [0.15, 0.2) is 0 Å². The van der Waals surface area contributed by atoms with Crippen molar-refractivity contribution in [3.8, 4) is 0 Å². The van der Waals surface area contributed by atoms with E-state index >= 15 is 0 Å². The van der Waals surface area contributed by atoms with E-state index in [4.69, 9.17) is 4.74 Å². The smallest absolute Gasteiger partial charge is 0.332 e. The van der Waals surface area contributed by atoms with Gasteiger partial charge >= 0.3 is 5.97 Å². The Balaban J connectivity index is 1.94. The number of ether oxygens (including phenoxy) is 1. The van der Waals surface area contributed by atoms with Crippen LogP contribution in [-0.2, 0) is 9.53 Å². The van der Waals surface area contributed by atoms with E-state index in [1.807, 2.05) is 0 Å². The second-order valence-electron chi connectivity index (χ2n) is 5.34. The highest BCUT2D eigenvalue weighted by atomic mass is 19.1. The van der Waals surface area contributed by atoms with E-state index in [-0.39, 0.29) is 24.0 Å². The number of amides is 1. The van der Waals surface area contributed by atoms with Crippen LogP contribution in [-0.4, -0.2) is 35.5 Å². The number of hydrogen-bond acceptors (Lipinski definition) is 3. The molecule has 1 aromatic carbocycles. The lowest BCUT2D eigenvalue weighted by Crippen LogP contribution is -2.60. The zero-order valence-electron chi connectivity index (χ0n) is 11.1. The van der Waals surface area contributed by atoms with Crippen molar-refractivity contribution in [1.82, 2.24) is 4.90 Å². The highest BCUT2D eigenvalue weighted by Gasteiger charge is 2.51. The molecule has 1 saturated heterocycles. The summed E-state index contributed by atoms with van der Waals surface area (Å²) in [6.07, 6.45) is 3.07. The Morgan fingerprint density at radius 2 is 2.05 bits per heavy atom. The average Bonchev–Trinajstić information content (AvgIpc) is 2.92. The molecule has 0 atom stereocenters. The van der Waals surface area contributed by atoms with Crippen LogP contribution in [0.15, 0.2) is 24.3 Å². The summed E-state index contributed by atoms with van der Waals surface area (Å²) in [6, 6.07) is 5.59. The van der Waals surface area contributed by atoms with Crippen LogP contribution in [0.2, 0.25) is 0 Å². The Kier molecular flexibility index (Phi) is 3.20. The summed E-state index contributed by atoms with van der Waals surface area (Å²) in [6.45, 7) is 0.586. The summed E-state index contributed by atoms with van der Waals surface area (Å²) in [7, 11) is 0. The minimum Gasteiger partial charge on any atom is -0.462 e. The van der Waals surface area contributed by atoms with E-state index in [2.05, 4.69) is 0 Å². The second-order valence-corrected chi connectivity index (χ2v) is 5.34. The Morgan fingerprint density at radius 3 is 2.75 bits per heavy atom. The van der Waals surface area contributed by atoms with Gasteiger partial charge < -0.3 is 9.64 Å². The normalized spacial score (nSPS) is 21.1. The Hall–Kier alpha value is -1.91. The van der Waals surface area contributed by atoms with E-state index in [1.165, 1.54) is 18.2 Å². The molecule has 2 fully saturated rings. The fourth-order valence-corrected chi connectivity index (χ4v) is 3.20. The third kappa shape index (κ3) is 1.97. The van der Waals surface area contributed by atoms with Crippen LogP contribution in [0.3, 0.4) is 0 Å². The van der Waals surface area contributed by atoms with Crippen LogP contribution in [0.5, 0.6) is 0 Å². The standard InChI is InChI=1S/C15H16FNO3/c16-12-5-3-4-11(10-12)13(18)17-8-9-20-14(19)15(17)6-1-2-7-15/h3-5,10H,1-2,6-9H2. The fraction of sp³-hybridized carbons (Fsp3) is 0.467. The van der Waals surface area contributed by atoms with Crippen molar-refractivity contribution in [3.63, 3.8) is 0 Å². The first kappa shape index (κ1) is 13.1. The molecule has 1 heterocycles. The molecule has 1 aliphatic carbocycles. The van der Waals surface area contributed by atoms with E-state index < -0.39 is 11.4 Å². The molecule has 106 valence electrons. The quantitative estimate of drug-likeness (QED) is 0.739. The number of rotatable bonds is 1. The summed E-state index contributed by atoms with van der Waals surface area (Å²) >= 11 is 0. The predicted octanol–water partition coefficient (Wildman–Crippen LogP) is 2.14. The molecule has 0 bridgehead atoms. The first-order valence-electron chi connectivity index (χ1n) is 6.88. The van der Waals surface area contributed by atoms with Crippen LogP contribution in [0, 0.1) is 5.82 Å². The van der Waals surface area contributed by atoms with Crippen molar-refractivity contribution in [2.24, 2.45) is 0 Å². The van der Waals surface area contributed by atoms with Crippen LogP contribution < -0.4 is 0 Å². The number of hydrogen-bond donors (Lipinski definition) is 0. The van der Waals surface area contributed by atoms with Crippen molar-refractivity contribution in [2.75, 3.05) is 13.2 Å². The number of carbonyl (C=O) groups excluding carboxylic acids is 2. The molecule has 1 amide bonds. The molecule has 1 saturated carbocycles. The van der Waals surface area contributed by atoms with E-state index in [0.29, 0.717) is 19.4 Å². The minimum absolute atomic E-state index is 0.210. The van der Waals surface area contributed by atoms with Gasteiger partial charge in [-0.2, -0.15) is 0 Å². The van der Waals surface area contributed by atoms with Crippen molar-refractivity contribution in [1.29, 1.82) is 0 Å². The van der Waals surface area contributed by atoms with Gasteiger partial charge in [-0.05, 0) is 31.0 Å². The lowest BCUT2D eigenvalue weighted by atomic mass is 9.92. The monoisotopic (exact) mass is 277 g/mol. The SMILES string of the molecule is O=C(c1cccc(F)c1)N1CCOC(=O)C12CCCC2. The van der Waals surface area contributed by atoms with Gasteiger partial charge in [-0.3, -0.25) is 4.79 Å². The van der Waals surface area contributed by atoms with Gasteiger partial charge in [0.1, 0.15) is 18.0 Å². The van der Waals surface area contributed by atoms with Gasteiger partial charge in [0.25, 0.3) is 5.91 Å². The maximum Gasteiger partial charge on any atom is 0.332 e. The molecule has 0 radical (unpaired) electrons. The van der Waals surface area contributed by atoms with Crippen molar-refractivity contribution < 1.29 is 18.7 Å². The summed E-state index contributed by atoms with van der Waals surface area (Å²) in [5.41, 5.74) is -0.548. The lowest BCUT2D eigenvalue weighted by molar-refractivity contribution is -0.164. The predicted molar refractivity (Wildman–Crippen MR) is 69.6 cm³/mol. The highest BCUT2D eigenvalue weighted by molar-refractivity contribution is 5.98. The van der Waals surface area contributed by atoms with Crippen LogP contribution in [0.25, 0.3) is 0 Å². The topological polar surface area (TPSA) is 46.6 Å². The summed E-state index contributed by atoms with van der Waals surface area (Å²) in [5.74, 6) is -1.05. The highest BCUT2D eigenvalue weighted by Crippen LogP contribution is 2.39. The van der Waals surface area contributed by atoms with Crippen molar-refractivity contribution in [3.05, 3.63) is 35.6 Å². The number of halogens is 1. The minimum atomic E-state index is -0.832. The summed E-state index contributed by atoms with van der Waals surface area (Å²) in [4.78, 5) is 26.3. The second kappa shape index (κ2) is 4.89. The van der Waals surface area contributed by atoms with Crippen molar-refractivity contribution in [2.45, 2.75) is 31.2 Å². The molecule has 1 aromatic rings. The van der Waals surface area contributed by atoms with Crippen LogP contribution in [0.4, 0.5) is 4.39 Å². The Morgan fingerprint density at radius 1 is 1.30 bits per heavy atom. The number of benzene rings is 1. The third-order valence-corrected chi connectivity index (χ3v) is 4.19. The Bertz CT molecular complexity index is 552. The van der Waals surface area contributed by atoms with Gasteiger partial charge in [-0.1, -0.05) is 18.9 Å². The number of cyclic esters (lactones) is 1. The molecule has 0 unspecified atom stereocenters. The van der Waals surface area contributed by atoms with Gasteiger partial charge in [-0.15, -0.1) is 0 Å². The van der Waals surface area contributed by atoms with Gasteiger partial charge in [0.2, 0.25) is 0 Å². The first-order chi connectivity index (χ1) is 9.63. The molecule has 1 aliphatic heterocycles. The molecule has 0 aromatic heterocycles. The average molecular weight is 277 g/mol. The molecule has 4 nitrogen and oxygen atoms in total. The maximum absolute atomic E-state index is 13.3. The molecule has 1 spiro atoms. The third-order valence-electron chi connectivity index (χ3n) is 4.19. The molecular weight excluding hydrogens is 261 g/mol. The van der Waals surface area contributed by atoms with Gasteiger partial charge in [0.05, 0.1) is 6.54 Å². The zero-order valence-corrected chi connectivity index (χ0v) is 11.1.